The second-order valence-electron chi connectivity index (χ2n) is 5.33. The normalized spacial score (nSPS) is 11.2. The molecular formula is C16H9ClN4O3S. The number of hydrogen-bond acceptors (Lipinski definition) is 5. The van der Waals surface area contributed by atoms with Crippen LogP contribution >= 0.6 is 22.9 Å². The monoisotopic (exact) mass is 372 g/mol. The van der Waals surface area contributed by atoms with Gasteiger partial charge in [-0.3, -0.25) is 14.9 Å². The molecule has 4 rings (SSSR count). The number of H-pyrrole nitrogens is 1. The number of primary amides is 1. The van der Waals surface area contributed by atoms with Crippen LogP contribution in [0.15, 0.2) is 36.4 Å². The van der Waals surface area contributed by atoms with Crippen LogP contribution in [0.25, 0.3) is 31.8 Å². The van der Waals surface area contributed by atoms with E-state index in [1.165, 1.54) is 17.4 Å². The molecule has 0 spiro atoms. The summed E-state index contributed by atoms with van der Waals surface area (Å²) in [6.45, 7) is 0. The minimum atomic E-state index is -0.557. The molecule has 2 heterocycles. The summed E-state index contributed by atoms with van der Waals surface area (Å²) < 4.78 is 0.807. The molecule has 9 heteroatoms. The lowest BCUT2D eigenvalue weighted by atomic mass is 10.2. The summed E-state index contributed by atoms with van der Waals surface area (Å²) in [6, 6.07) is 9.91. The van der Waals surface area contributed by atoms with E-state index in [1.54, 1.807) is 30.3 Å². The van der Waals surface area contributed by atoms with E-state index < -0.39 is 10.8 Å². The Morgan fingerprint density at radius 3 is 2.84 bits per heavy atom. The van der Waals surface area contributed by atoms with E-state index in [0.29, 0.717) is 27.8 Å². The molecule has 124 valence electrons. The lowest BCUT2D eigenvalue weighted by molar-refractivity contribution is -0.384. The van der Waals surface area contributed by atoms with Crippen LogP contribution in [0.1, 0.15) is 10.4 Å². The number of carbonyl (C=O) groups is 1. The molecule has 0 bridgehead atoms. The molecule has 0 unspecified atom stereocenters. The summed E-state index contributed by atoms with van der Waals surface area (Å²) in [6.07, 6.45) is 0. The lowest BCUT2D eigenvalue weighted by Crippen LogP contribution is -2.11. The molecule has 4 aromatic rings. The standard InChI is InChI=1S/C16H9ClN4O3S/c17-13-8-6-12(25-11(8)5-4-10(13)21(23)24)16-19-9-3-1-2-7(15(18)22)14(9)20-16/h1-6H,(H2,18,22)(H,19,20). The molecule has 2 aromatic heterocycles. The first-order valence-corrected chi connectivity index (χ1v) is 8.30. The van der Waals surface area contributed by atoms with Crippen LogP contribution in [-0.4, -0.2) is 20.8 Å². The van der Waals surface area contributed by atoms with Gasteiger partial charge in [0.15, 0.2) is 0 Å². The van der Waals surface area contributed by atoms with Crippen LogP contribution < -0.4 is 5.73 Å². The van der Waals surface area contributed by atoms with Gasteiger partial charge in [0.05, 0.1) is 20.9 Å². The Bertz CT molecular complexity index is 1180. The quantitative estimate of drug-likeness (QED) is 0.416. The third-order valence-corrected chi connectivity index (χ3v) is 5.33. The zero-order chi connectivity index (χ0) is 17.7. The molecule has 0 aliphatic rings. The highest BCUT2D eigenvalue weighted by atomic mass is 35.5. The molecule has 1 amide bonds. The minimum absolute atomic E-state index is 0.0962. The first-order chi connectivity index (χ1) is 12.0. The molecule has 2 aromatic carbocycles. The second-order valence-corrected chi connectivity index (χ2v) is 6.79. The number of thiophene rings is 1. The number of benzene rings is 2. The van der Waals surface area contributed by atoms with Crippen molar-refractivity contribution >= 4 is 55.7 Å². The number of rotatable bonds is 3. The number of nitro benzene ring substituents is 1. The van der Waals surface area contributed by atoms with Crippen LogP contribution in [0, 0.1) is 10.1 Å². The highest BCUT2D eigenvalue weighted by Crippen LogP contribution is 2.40. The van der Waals surface area contributed by atoms with Crippen LogP contribution in [0.5, 0.6) is 0 Å². The van der Waals surface area contributed by atoms with Gasteiger partial charge >= 0.3 is 0 Å². The van der Waals surface area contributed by atoms with Gasteiger partial charge in [0.2, 0.25) is 0 Å². The predicted molar refractivity (Wildman–Crippen MR) is 97.1 cm³/mol. The molecule has 7 nitrogen and oxygen atoms in total. The second kappa shape index (κ2) is 5.54. The maximum absolute atomic E-state index is 11.5. The van der Waals surface area contributed by atoms with Crippen molar-refractivity contribution in [2.45, 2.75) is 0 Å². The average Bonchev–Trinajstić information content (AvgIpc) is 3.18. The van der Waals surface area contributed by atoms with Crippen LogP contribution in [-0.2, 0) is 0 Å². The van der Waals surface area contributed by atoms with E-state index >= 15 is 0 Å². The van der Waals surface area contributed by atoms with Crippen molar-refractivity contribution in [1.82, 2.24) is 9.97 Å². The number of aromatic nitrogens is 2. The van der Waals surface area contributed by atoms with E-state index in [4.69, 9.17) is 17.3 Å². The average molecular weight is 373 g/mol. The zero-order valence-electron chi connectivity index (χ0n) is 12.4. The van der Waals surface area contributed by atoms with Crippen LogP contribution in [0.2, 0.25) is 5.02 Å². The molecular weight excluding hydrogens is 364 g/mol. The molecule has 0 saturated carbocycles. The first kappa shape index (κ1) is 15.6. The van der Waals surface area contributed by atoms with Crippen LogP contribution in [0.3, 0.4) is 0 Å². The van der Waals surface area contributed by atoms with Crippen molar-refractivity contribution in [3.05, 3.63) is 57.1 Å². The van der Waals surface area contributed by atoms with Crippen molar-refractivity contribution < 1.29 is 9.72 Å². The van der Waals surface area contributed by atoms with E-state index in [9.17, 15) is 14.9 Å². The number of imidazole rings is 1. The van der Waals surface area contributed by atoms with Crippen molar-refractivity contribution in [3.8, 4) is 10.7 Å². The predicted octanol–water partition coefficient (Wildman–Crippen LogP) is 4.11. The number of fused-ring (bicyclic) bond motifs is 2. The van der Waals surface area contributed by atoms with E-state index in [1.807, 2.05) is 0 Å². The molecule has 0 fully saturated rings. The van der Waals surface area contributed by atoms with Crippen LogP contribution in [0.4, 0.5) is 5.69 Å². The number of nitrogens with one attached hydrogen (secondary N) is 1. The fourth-order valence-electron chi connectivity index (χ4n) is 2.67. The number of nitro groups is 1. The molecule has 0 aliphatic heterocycles. The molecule has 0 atom stereocenters. The van der Waals surface area contributed by atoms with Gasteiger partial charge in [-0.05, 0) is 24.3 Å². The first-order valence-electron chi connectivity index (χ1n) is 7.11. The van der Waals surface area contributed by atoms with Crippen molar-refractivity contribution in [2.75, 3.05) is 0 Å². The van der Waals surface area contributed by atoms with Gasteiger partial charge in [0, 0.05) is 16.2 Å². The van der Waals surface area contributed by atoms with Gasteiger partial charge in [-0.2, -0.15) is 0 Å². The van der Waals surface area contributed by atoms with Gasteiger partial charge in [-0.25, -0.2) is 4.98 Å². The zero-order valence-corrected chi connectivity index (χ0v) is 14.0. The summed E-state index contributed by atoms with van der Waals surface area (Å²) >= 11 is 7.55. The van der Waals surface area contributed by atoms with E-state index in [2.05, 4.69) is 9.97 Å². The molecule has 0 radical (unpaired) electrons. The molecule has 25 heavy (non-hydrogen) atoms. The Morgan fingerprint density at radius 1 is 1.32 bits per heavy atom. The van der Waals surface area contributed by atoms with Gasteiger partial charge in [0.25, 0.3) is 11.6 Å². The van der Waals surface area contributed by atoms with Crippen molar-refractivity contribution in [1.29, 1.82) is 0 Å². The largest absolute Gasteiger partial charge is 0.366 e. The third kappa shape index (κ3) is 2.43. The smallest absolute Gasteiger partial charge is 0.288 e. The van der Waals surface area contributed by atoms with E-state index in [0.717, 1.165) is 9.58 Å². The Balaban J connectivity index is 1.91. The van der Waals surface area contributed by atoms with Crippen molar-refractivity contribution in [2.24, 2.45) is 5.73 Å². The summed E-state index contributed by atoms with van der Waals surface area (Å²) in [4.78, 5) is 30.4. The number of para-hydroxylation sites is 1. The molecule has 0 aliphatic carbocycles. The number of hydrogen-bond donors (Lipinski definition) is 2. The summed E-state index contributed by atoms with van der Waals surface area (Å²) in [5, 5.41) is 11.7. The SMILES string of the molecule is NC(=O)c1cccc2[nH]c(-c3cc4c(Cl)c([N+](=O)[O-])ccc4s3)nc12. The molecule has 0 saturated heterocycles. The Labute approximate surface area is 149 Å². The summed E-state index contributed by atoms with van der Waals surface area (Å²) in [5.41, 5.74) is 6.74. The maximum Gasteiger partial charge on any atom is 0.288 e. The van der Waals surface area contributed by atoms with Crippen molar-refractivity contribution in [3.63, 3.8) is 0 Å². The number of carbonyl (C=O) groups excluding carboxylic acids is 1. The number of aromatic amines is 1. The van der Waals surface area contributed by atoms with Gasteiger partial charge in [-0.1, -0.05) is 17.7 Å². The van der Waals surface area contributed by atoms with Gasteiger partial charge in [0.1, 0.15) is 16.4 Å². The van der Waals surface area contributed by atoms with Gasteiger partial charge in [-0.15, -0.1) is 11.3 Å². The highest BCUT2D eigenvalue weighted by molar-refractivity contribution is 7.22. The Morgan fingerprint density at radius 2 is 2.12 bits per heavy atom. The number of nitrogens with zero attached hydrogens (tertiary/aromatic N) is 2. The lowest BCUT2D eigenvalue weighted by Gasteiger charge is -1.95. The highest BCUT2D eigenvalue weighted by Gasteiger charge is 2.19. The topological polar surface area (TPSA) is 115 Å². The Kier molecular flexibility index (Phi) is 3.45. The number of halogens is 1. The maximum atomic E-state index is 11.5. The fraction of sp³-hybridized carbons (Fsp3) is 0. The molecule has 3 N–H and O–H groups in total. The minimum Gasteiger partial charge on any atom is -0.366 e. The number of nitrogens with two attached hydrogens (primary N) is 1. The van der Waals surface area contributed by atoms with Gasteiger partial charge < -0.3 is 10.7 Å². The third-order valence-electron chi connectivity index (χ3n) is 3.82. The number of amides is 1. The summed E-state index contributed by atoms with van der Waals surface area (Å²) in [7, 11) is 0. The summed E-state index contributed by atoms with van der Waals surface area (Å²) in [5.74, 6) is -0.0118. The Hall–Kier alpha value is -2.97. The van der Waals surface area contributed by atoms with E-state index in [-0.39, 0.29) is 10.7 Å². The fourth-order valence-corrected chi connectivity index (χ4v) is 4.03.